The molecule has 1 aromatic carbocycles. The van der Waals surface area contributed by atoms with Crippen LogP contribution in [-0.4, -0.2) is 55.1 Å². The van der Waals surface area contributed by atoms with E-state index in [9.17, 15) is 4.79 Å². The molecular weight excluding hydrogens is 274 g/mol. The number of hydrogen-bond acceptors (Lipinski definition) is 2. The van der Waals surface area contributed by atoms with Crippen molar-refractivity contribution in [3.05, 3.63) is 29.3 Å². The molecule has 4 heteroatoms. The molecule has 2 heterocycles. The van der Waals surface area contributed by atoms with Gasteiger partial charge in [-0.05, 0) is 56.4 Å². The number of amides is 2. The molecule has 2 aliphatic rings. The maximum absolute atomic E-state index is 12.5. The van der Waals surface area contributed by atoms with Gasteiger partial charge in [-0.1, -0.05) is 6.07 Å². The Morgan fingerprint density at radius 2 is 1.45 bits per heavy atom. The fraction of sp³-hybridized carbons (Fsp3) is 0.611. The van der Waals surface area contributed by atoms with Crippen molar-refractivity contribution in [3.63, 3.8) is 0 Å². The first-order valence-electron chi connectivity index (χ1n) is 8.51. The van der Waals surface area contributed by atoms with E-state index in [1.54, 1.807) is 0 Å². The number of rotatable bonds is 1. The maximum Gasteiger partial charge on any atom is 0.320 e. The fourth-order valence-corrected chi connectivity index (χ4v) is 3.36. The number of likely N-dealkylation sites (tertiary alicyclic amines) is 1. The van der Waals surface area contributed by atoms with Crippen molar-refractivity contribution in [3.8, 4) is 0 Å². The number of benzene rings is 1. The summed E-state index contributed by atoms with van der Waals surface area (Å²) in [5, 5.41) is 0. The quantitative estimate of drug-likeness (QED) is 0.797. The standard InChI is InChI=1S/C18H27N3O/c1-15-6-7-17(14-16(15)2)19-10-12-21(13-11-19)18(22)20-8-4-3-5-9-20/h6-7,14H,3-5,8-13H2,1-2H3. The van der Waals surface area contributed by atoms with Gasteiger partial charge in [0.15, 0.2) is 0 Å². The number of carbonyl (C=O) groups is 1. The molecule has 0 atom stereocenters. The Kier molecular flexibility index (Phi) is 4.55. The molecule has 0 aliphatic carbocycles. The molecule has 2 saturated heterocycles. The second kappa shape index (κ2) is 6.59. The zero-order valence-corrected chi connectivity index (χ0v) is 13.8. The number of hydrogen-bond donors (Lipinski definition) is 0. The lowest BCUT2D eigenvalue weighted by molar-refractivity contribution is 0.141. The number of piperidine rings is 1. The van der Waals surface area contributed by atoms with Crippen molar-refractivity contribution in [2.24, 2.45) is 0 Å². The smallest absolute Gasteiger partial charge is 0.320 e. The maximum atomic E-state index is 12.5. The van der Waals surface area contributed by atoms with Gasteiger partial charge in [-0.3, -0.25) is 0 Å². The van der Waals surface area contributed by atoms with E-state index in [2.05, 4.69) is 36.9 Å². The molecule has 0 spiro atoms. The molecule has 0 unspecified atom stereocenters. The van der Waals surface area contributed by atoms with Gasteiger partial charge in [-0.25, -0.2) is 4.79 Å². The van der Waals surface area contributed by atoms with Gasteiger partial charge in [-0.15, -0.1) is 0 Å². The zero-order valence-electron chi connectivity index (χ0n) is 13.8. The lowest BCUT2D eigenvalue weighted by Gasteiger charge is -2.39. The van der Waals surface area contributed by atoms with E-state index in [0.717, 1.165) is 52.1 Å². The minimum absolute atomic E-state index is 0.249. The largest absolute Gasteiger partial charge is 0.368 e. The first-order chi connectivity index (χ1) is 10.6. The van der Waals surface area contributed by atoms with Crippen LogP contribution in [0.3, 0.4) is 0 Å². The Labute approximate surface area is 133 Å². The monoisotopic (exact) mass is 301 g/mol. The average Bonchev–Trinajstić information content (AvgIpc) is 2.58. The summed E-state index contributed by atoms with van der Waals surface area (Å²) in [4.78, 5) is 19.0. The molecule has 4 nitrogen and oxygen atoms in total. The van der Waals surface area contributed by atoms with Gasteiger partial charge in [-0.2, -0.15) is 0 Å². The highest BCUT2D eigenvalue weighted by Gasteiger charge is 2.26. The molecule has 1 aromatic rings. The number of anilines is 1. The van der Waals surface area contributed by atoms with Crippen molar-refractivity contribution in [2.45, 2.75) is 33.1 Å². The first-order valence-corrected chi connectivity index (χ1v) is 8.51. The lowest BCUT2D eigenvalue weighted by Crippen LogP contribution is -2.53. The van der Waals surface area contributed by atoms with E-state index in [0.29, 0.717) is 0 Å². The highest BCUT2D eigenvalue weighted by molar-refractivity contribution is 5.75. The van der Waals surface area contributed by atoms with E-state index in [1.165, 1.54) is 23.2 Å². The highest BCUT2D eigenvalue weighted by atomic mass is 16.2. The van der Waals surface area contributed by atoms with Crippen LogP contribution in [0.25, 0.3) is 0 Å². The molecule has 0 radical (unpaired) electrons. The molecule has 3 rings (SSSR count). The molecule has 0 N–H and O–H groups in total. The SMILES string of the molecule is Cc1ccc(N2CCN(C(=O)N3CCCCC3)CC2)cc1C. The van der Waals surface area contributed by atoms with Crippen molar-refractivity contribution >= 4 is 11.7 Å². The van der Waals surface area contributed by atoms with Crippen LogP contribution >= 0.6 is 0 Å². The van der Waals surface area contributed by atoms with Gasteiger partial charge in [0.25, 0.3) is 0 Å². The summed E-state index contributed by atoms with van der Waals surface area (Å²) in [7, 11) is 0. The zero-order chi connectivity index (χ0) is 15.5. The Balaban J connectivity index is 1.57. The second-order valence-electron chi connectivity index (χ2n) is 6.57. The van der Waals surface area contributed by atoms with Gasteiger partial charge >= 0.3 is 6.03 Å². The summed E-state index contributed by atoms with van der Waals surface area (Å²) in [6.07, 6.45) is 3.59. The molecule has 120 valence electrons. The van der Waals surface area contributed by atoms with Crippen LogP contribution in [-0.2, 0) is 0 Å². The topological polar surface area (TPSA) is 26.8 Å². The van der Waals surface area contributed by atoms with E-state index < -0.39 is 0 Å². The van der Waals surface area contributed by atoms with E-state index in [1.807, 2.05) is 9.80 Å². The van der Waals surface area contributed by atoms with Crippen molar-refractivity contribution in [1.29, 1.82) is 0 Å². The lowest BCUT2D eigenvalue weighted by atomic mass is 10.1. The summed E-state index contributed by atoms with van der Waals surface area (Å²) in [5.41, 5.74) is 3.96. The Hall–Kier alpha value is -1.71. The molecule has 2 aliphatic heterocycles. The summed E-state index contributed by atoms with van der Waals surface area (Å²) in [6.45, 7) is 9.73. The third kappa shape index (κ3) is 3.21. The Morgan fingerprint density at radius 3 is 2.09 bits per heavy atom. The Morgan fingerprint density at radius 1 is 0.818 bits per heavy atom. The second-order valence-corrected chi connectivity index (χ2v) is 6.57. The van der Waals surface area contributed by atoms with E-state index >= 15 is 0 Å². The Bertz CT molecular complexity index is 529. The average molecular weight is 301 g/mol. The third-order valence-corrected chi connectivity index (χ3v) is 5.03. The molecule has 2 amide bonds. The van der Waals surface area contributed by atoms with Gasteiger partial charge in [0.05, 0.1) is 0 Å². The molecular formula is C18H27N3O. The third-order valence-electron chi connectivity index (χ3n) is 5.03. The minimum atomic E-state index is 0.249. The predicted octanol–water partition coefficient (Wildman–Crippen LogP) is 3.03. The molecule has 0 saturated carbocycles. The summed E-state index contributed by atoms with van der Waals surface area (Å²) >= 11 is 0. The van der Waals surface area contributed by atoms with Crippen molar-refractivity contribution in [2.75, 3.05) is 44.2 Å². The summed E-state index contributed by atoms with van der Waals surface area (Å²) < 4.78 is 0. The van der Waals surface area contributed by atoms with Crippen LogP contribution in [0.1, 0.15) is 30.4 Å². The molecule has 2 fully saturated rings. The van der Waals surface area contributed by atoms with Crippen LogP contribution in [0.15, 0.2) is 18.2 Å². The number of aryl methyl sites for hydroxylation is 2. The van der Waals surface area contributed by atoms with Crippen molar-refractivity contribution < 1.29 is 4.79 Å². The number of nitrogens with zero attached hydrogens (tertiary/aromatic N) is 3. The minimum Gasteiger partial charge on any atom is -0.368 e. The van der Waals surface area contributed by atoms with Gasteiger partial charge in [0.2, 0.25) is 0 Å². The summed E-state index contributed by atoms with van der Waals surface area (Å²) in [5.74, 6) is 0. The molecule has 0 aromatic heterocycles. The van der Waals surface area contributed by atoms with Crippen LogP contribution in [0.4, 0.5) is 10.5 Å². The van der Waals surface area contributed by atoms with Crippen LogP contribution in [0.5, 0.6) is 0 Å². The fourth-order valence-electron chi connectivity index (χ4n) is 3.36. The van der Waals surface area contributed by atoms with E-state index in [-0.39, 0.29) is 6.03 Å². The van der Waals surface area contributed by atoms with Crippen LogP contribution in [0, 0.1) is 13.8 Å². The molecule has 22 heavy (non-hydrogen) atoms. The summed E-state index contributed by atoms with van der Waals surface area (Å²) in [6, 6.07) is 6.90. The highest BCUT2D eigenvalue weighted by Crippen LogP contribution is 2.21. The number of piperazine rings is 1. The first kappa shape index (κ1) is 15.2. The molecule has 0 bridgehead atoms. The van der Waals surface area contributed by atoms with Gasteiger partial charge in [0, 0.05) is 45.0 Å². The number of urea groups is 1. The predicted molar refractivity (Wildman–Crippen MR) is 90.5 cm³/mol. The normalized spacial score (nSPS) is 19.5. The van der Waals surface area contributed by atoms with Gasteiger partial charge in [0.1, 0.15) is 0 Å². The van der Waals surface area contributed by atoms with Gasteiger partial charge < -0.3 is 14.7 Å². The van der Waals surface area contributed by atoms with Crippen LogP contribution in [0.2, 0.25) is 0 Å². The van der Waals surface area contributed by atoms with E-state index in [4.69, 9.17) is 0 Å². The van der Waals surface area contributed by atoms with Crippen LogP contribution < -0.4 is 4.90 Å². The van der Waals surface area contributed by atoms with Crippen molar-refractivity contribution in [1.82, 2.24) is 9.80 Å². The number of carbonyl (C=O) groups excluding carboxylic acids is 1.